The Bertz CT molecular complexity index is 336. The number of carbonyl (C=O) groups is 2. The molecule has 0 aliphatic carbocycles. The van der Waals surface area contributed by atoms with Crippen LogP contribution >= 0.6 is 0 Å². The molecule has 0 aromatic rings. The molecule has 0 radical (unpaired) electrons. The highest BCUT2D eigenvalue weighted by Crippen LogP contribution is 2.25. The summed E-state index contributed by atoms with van der Waals surface area (Å²) in [7, 11) is 0. The Balaban J connectivity index is 2.80. The fourth-order valence-corrected chi connectivity index (χ4v) is 2.77. The molecule has 1 rings (SSSR count). The van der Waals surface area contributed by atoms with E-state index in [0.29, 0.717) is 19.1 Å². The normalized spacial score (nSPS) is 22.1. The van der Waals surface area contributed by atoms with Gasteiger partial charge >= 0.3 is 5.97 Å². The van der Waals surface area contributed by atoms with E-state index in [1.165, 1.54) is 0 Å². The maximum absolute atomic E-state index is 12.8. The number of ether oxygens (including phenoxy) is 1. The summed E-state index contributed by atoms with van der Waals surface area (Å²) in [6.45, 7) is 9.74. The lowest BCUT2D eigenvalue weighted by Crippen LogP contribution is -2.56. The Labute approximate surface area is 122 Å². The lowest BCUT2D eigenvalue weighted by Gasteiger charge is -2.34. The average Bonchev–Trinajstić information content (AvgIpc) is 2.86. The van der Waals surface area contributed by atoms with Gasteiger partial charge in [0.2, 0.25) is 5.91 Å². The van der Waals surface area contributed by atoms with Crippen molar-refractivity contribution < 1.29 is 14.3 Å². The molecule has 1 fully saturated rings. The highest BCUT2D eigenvalue weighted by Gasteiger charge is 2.42. The molecule has 0 aromatic carbocycles. The standard InChI is InChI=1S/C15H28N2O3/c1-5-15(8-7-9-16-15)14(19)17(10-12(3)4)11-13(18)20-6-2/h12,16H,5-11H2,1-4H3. The van der Waals surface area contributed by atoms with Gasteiger partial charge in [0.1, 0.15) is 6.54 Å². The van der Waals surface area contributed by atoms with E-state index < -0.39 is 5.54 Å². The summed E-state index contributed by atoms with van der Waals surface area (Å²) in [4.78, 5) is 26.2. The van der Waals surface area contributed by atoms with Crippen LogP contribution in [0.3, 0.4) is 0 Å². The summed E-state index contributed by atoms with van der Waals surface area (Å²) >= 11 is 0. The van der Waals surface area contributed by atoms with Gasteiger partial charge in [-0.1, -0.05) is 20.8 Å². The van der Waals surface area contributed by atoms with Crippen molar-refractivity contribution in [2.45, 2.75) is 52.5 Å². The van der Waals surface area contributed by atoms with E-state index in [-0.39, 0.29) is 18.4 Å². The molecule has 1 N–H and O–H groups in total. The van der Waals surface area contributed by atoms with E-state index in [1.807, 2.05) is 20.8 Å². The van der Waals surface area contributed by atoms with Gasteiger partial charge in [-0.15, -0.1) is 0 Å². The van der Waals surface area contributed by atoms with Gasteiger partial charge in [0.15, 0.2) is 0 Å². The average molecular weight is 284 g/mol. The summed E-state index contributed by atoms with van der Waals surface area (Å²) in [5.41, 5.74) is -0.485. The third-order valence-electron chi connectivity index (χ3n) is 3.75. The molecular formula is C15H28N2O3. The summed E-state index contributed by atoms with van der Waals surface area (Å²) < 4.78 is 4.98. The van der Waals surface area contributed by atoms with Crippen LogP contribution in [0.25, 0.3) is 0 Å². The Kier molecular flexibility index (Phi) is 6.46. The zero-order valence-corrected chi connectivity index (χ0v) is 13.2. The lowest BCUT2D eigenvalue weighted by molar-refractivity contribution is -0.151. The third kappa shape index (κ3) is 4.20. The maximum Gasteiger partial charge on any atom is 0.325 e. The Hall–Kier alpha value is -1.10. The third-order valence-corrected chi connectivity index (χ3v) is 3.75. The van der Waals surface area contributed by atoms with E-state index in [4.69, 9.17) is 4.74 Å². The van der Waals surface area contributed by atoms with Gasteiger partial charge in [-0.3, -0.25) is 9.59 Å². The van der Waals surface area contributed by atoms with Crippen LogP contribution < -0.4 is 5.32 Å². The second-order valence-corrected chi connectivity index (χ2v) is 5.85. The molecule has 1 heterocycles. The van der Waals surface area contributed by atoms with E-state index in [9.17, 15) is 9.59 Å². The molecule has 0 bridgehead atoms. The maximum atomic E-state index is 12.8. The Morgan fingerprint density at radius 3 is 2.50 bits per heavy atom. The molecule has 5 heteroatoms. The molecule has 0 aromatic heterocycles. The first-order chi connectivity index (χ1) is 9.45. The first-order valence-corrected chi connectivity index (χ1v) is 7.65. The fraction of sp³-hybridized carbons (Fsp3) is 0.867. The van der Waals surface area contributed by atoms with Crippen LogP contribution in [-0.4, -0.2) is 48.6 Å². The van der Waals surface area contributed by atoms with Gasteiger partial charge in [0, 0.05) is 6.54 Å². The molecule has 0 saturated carbocycles. The van der Waals surface area contributed by atoms with Crippen LogP contribution in [0.2, 0.25) is 0 Å². The molecule has 1 amide bonds. The van der Waals surface area contributed by atoms with Crippen LogP contribution in [0.5, 0.6) is 0 Å². The molecule has 0 spiro atoms. The predicted molar refractivity (Wildman–Crippen MR) is 78.3 cm³/mol. The van der Waals surface area contributed by atoms with Crippen molar-refractivity contribution in [1.82, 2.24) is 10.2 Å². The second kappa shape index (κ2) is 7.62. The van der Waals surface area contributed by atoms with Crippen molar-refractivity contribution >= 4 is 11.9 Å². The topological polar surface area (TPSA) is 58.6 Å². The number of hydrogen-bond donors (Lipinski definition) is 1. The first-order valence-electron chi connectivity index (χ1n) is 7.65. The highest BCUT2D eigenvalue weighted by atomic mass is 16.5. The largest absolute Gasteiger partial charge is 0.465 e. The van der Waals surface area contributed by atoms with Gasteiger partial charge in [-0.05, 0) is 38.6 Å². The van der Waals surface area contributed by atoms with Crippen molar-refractivity contribution in [2.24, 2.45) is 5.92 Å². The molecule has 5 nitrogen and oxygen atoms in total. The fourth-order valence-electron chi connectivity index (χ4n) is 2.77. The molecule has 20 heavy (non-hydrogen) atoms. The van der Waals surface area contributed by atoms with Crippen molar-refractivity contribution in [3.05, 3.63) is 0 Å². The predicted octanol–water partition coefficient (Wildman–Crippen LogP) is 1.57. The van der Waals surface area contributed by atoms with Crippen molar-refractivity contribution in [3.63, 3.8) is 0 Å². The smallest absolute Gasteiger partial charge is 0.325 e. The van der Waals surface area contributed by atoms with Gasteiger partial charge < -0.3 is 15.0 Å². The number of nitrogens with one attached hydrogen (secondary N) is 1. The number of hydrogen-bond acceptors (Lipinski definition) is 4. The highest BCUT2D eigenvalue weighted by molar-refractivity contribution is 5.89. The van der Waals surface area contributed by atoms with Gasteiger partial charge in [0.05, 0.1) is 12.1 Å². The van der Waals surface area contributed by atoms with Gasteiger partial charge in [-0.2, -0.15) is 0 Å². The van der Waals surface area contributed by atoms with Crippen molar-refractivity contribution in [2.75, 3.05) is 26.2 Å². The second-order valence-electron chi connectivity index (χ2n) is 5.85. The zero-order chi connectivity index (χ0) is 15.2. The molecule has 1 unspecified atom stereocenters. The van der Waals surface area contributed by atoms with Crippen molar-refractivity contribution in [1.29, 1.82) is 0 Å². The quantitative estimate of drug-likeness (QED) is 0.721. The molecule has 1 atom stereocenters. The van der Waals surface area contributed by atoms with Gasteiger partial charge in [-0.25, -0.2) is 0 Å². The molecule has 1 aliphatic heterocycles. The minimum Gasteiger partial charge on any atom is -0.465 e. The van der Waals surface area contributed by atoms with Crippen LogP contribution in [-0.2, 0) is 14.3 Å². The van der Waals surface area contributed by atoms with Crippen LogP contribution in [0, 0.1) is 5.92 Å². The summed E-state index contributed by atoms with van der Waals surface area (Å²) in [6.07, 6.45) is 2.61. The molecule has 1 aliphatic rings. The monoisotopic (exact) mass is 284 g/mol. The van der Waals surface area contributed by atoms with Crippen molar-refractivity contribution in [3.8, 4) is 0 Å². The van der Waals surface area contributed by atoms with E-state index in [1.54, 1.807) is 11.8 Å². The van der Waals surface area contributed by atoms with E-state index >= 15 is 0 Å². The van der Waals surface area contributed by atoms with Crippen LogP contribution in [0.15, 0.2) is 0 Å². The Morgan fingerprint density at radius 2 is 2.05 bits per heavy atom. The van der Waals surface area contributed by atoms with E-state index in [2.05, 4.69) is 5.32 Å². The number of carbonyl (C=O) groups excluding carboxylic acids is 2. The molecule has 116 valence electrons. The Morgan fingerprint density at radius 1 is 1.35 bits per heavy atom. The zero-order valence-electron chi connectivity index (χ0n) is 13.2. The number of esters is 1. The lowest BCUT2D eigenvalue weighted by atomic mass is 9.92. The number of nitrogens with zero attached hydrogens (tertiary/aromatic N) is 1. The SMILES string of the molecule is CCOC(=O)CN(CC(C)C)C(=O)C1(CC)CCCN1. The summed E-state index contributed by atoms with van der Waals surface area (Å²) in [5, 5.41) is 3.34. The molecule has 1 saturated heterocycles. The number of rotatable bonds is 7. The summed E-state index contributed by atoms with van der Waals surface area (Å²) in [5.74, 6) is 0.0358. The minimum absolute atomic E-state index is 0.0410. The first kappa shape index (κ1) is 17.0. The van der Waals surface area contributed by atoms with Crippen LogP contribution in [0.1, 0.15) is 47.0 Å². The minimum atomic E-state index is -0.485. The number of amides is 1. The van der Waals surface area contributed by atoms with Gasteiger partial charge in [0.25, 0.3) is 0 Å². The van der Waals surface area contributed by atoms with Crippen LogP contribution in [0.4, 0.5) is 0 Å². The summed E-state index contributed by atoms with van der Waals surface area (Å²) in [6, 6.07) is 0. The van der Waals surface area contributed by atoms with E-state index in [0.717, 1.165) is 25.8 Å². The molecular weight excluding hydrogens is 256 g/mol.